The third-order valence-electron chi connectivity index (χ3n) is 4.60. The topological polar surface area (TPSA) is 73.0 Å². The maximum absolute atomic E-state index is 13.8. The van der Waals surface area contributed by atoms with Crippen molar-refractivity contribution in [1.82, 2.24) is 20.1 Å². The Kier molecular flexibility index (Phi) is 3.57. The van der Waals surface area contributed by atoms with Crippen LogP contribution in [0.5, 0.6) is 0 Å². The van der Waals surface area contributed by atoms with Crippen LogP contribution in [0.25, 0.3) is 11.6 Å². The number of fused-ring (bicyclic) bond motifs is 1. The minimum atomic E-state index is -0.901. The molecule has 1 aliphatic heterocycles. The number of hydrogen-bond acceptors (Lipinski definition) is 5. The summed E-state index contributed by atoms with van der Waals surface area (Å²) in [5.74, 6) is -2.21. The number of carbonyl (C=O) groups excluding carboxylic acids is 1. The van der Waals surface area contributed by atoms with Crippen molar-refractivity contribution in [2.75, 3.05) is 0 Å². The van der Waals surface area contributed by atoms with Gasteiger partial charge in [0, 0.05) is 8.47 Å². The molecular formula is C19H14F2N4O2S. The highest BCUT2D eigenvalue weighted by atomic mass is 32.2. The van der Waals surface area contributed by atoms with Gasteiger partial charge in [-0.25, -0.2) is 13.8 Å². The Hall–Kier alpha value is -3.20. The molecule has 0 radical (unpaired) electrons. The summed E-state index contributed by atoms with van der Waals surface area (Å²) in [6.07, 6.45) is 6.85. The third kappa shape index (κ3) is 2.50. The van der Waals surface area contributed by atoms with Gasteiger partial charge >= 0.3 is 0 Å². The first-order valence-corrected chi connectivity index (χ1v) is 9.13. The van der Waals surface area contributed by atoms with E-state index in [1.54, 1.807) is 17.0 Å². The molecule has 1 unspecified atom stereocenters. The second kappa shape index (κ2) is 5.90. The van der Waals surface area contributed by atoms with E-state index in [1.807, 2.05) is 19.2 Å². The molecule has 1 amide bonds. The quantitative estimate of drug-likeness (QED) is 0.722. The number of thioether (sulfide) groups is 1. The number of benzene rings is 1. The number of oxazole rings is 1. The van der Waals surface area contributed by atoms with E-state index in [9.17, 15) is 13.6 Å². The monoisotopic (exact) mass is 400 g/mol. The van der Waals surface area contributed by atoms with E-state index >= 15 is 0 Å². The Morgan fingerprint density at radius 1 is 1.36 bits per heavy atom. The number of hydrogen-bond donors (Lipinski definition) is 1. The van der Waals surface area contributed by atoms with Gasteiger partial charge in [0.1, 0.15) is 33.9 Å². The Bertz CT molecular complexity index is 1170. The van der Waals surface area contributed by atoms with Crippen LogP contribution in [0.3, 0.4) is 0 Å². The fourth-order valence-electron chi connectivity index (χ4n) is 3.26. The molecule has 1 atom stereocenters. The molecule has 0 bridgehead atoms. The molecule has 1 N–H and O–H groups in total. The number of amides is 1. The van der Waals surface area contributed by atoms with Crippen LogP contribution in [0.1, 0.15) is 17.5 Å². The maximum atomic E-state index is 13.8. The molecule has 6 nitrogen and oxygen atoms in total. The van der Waals surface area contributed by atoms with E-state index in [1.165, 1.54) is 24.1 Å². The van der Waals surface area contributed by atoms with Crippen molar-refractivity contribution >= 4 is 17.7 Å². The van der Waals surface area contributed by atoms with Crippen molar-refractivity contribution in [3.8, 4) is 11.6 Å². The van der Waals surface area contributed by atoms with Crippen molar-refractivity contribution in [1.29, 1.82) is 0 Å². The average Bonchev–Trinajstić information content (AvgIpc) is 3.08. The molecule has 1 aliphatic carbocycles. The number of aryl methyl sites for hydroxylation is 1. The van der Waals surface area contributed by atoms with Crippen LogP contribution in [-0.2, 0) is 11.8 Å². The summed E-state index contributed by atoms with van der Waals surface area (Å²) < 4.78 is 34.2. The molecule has 0 saturated carbocycles. The minimum absolute atomic E-state index is 0. The van der Waals surface area contributed by atoms with E-state index in [-0.39, 0.29) is 1.43 Å². The summed E-state index contributed by atoms with van der Waals surface area (Å²) in [7, 11) is 1.81. The summed E-state index contributed by atoms with van der Waals surface area (Å²) in [6, 6.07) is 5.19. The van der Waals surface area contributed by atoms with Gasteiger partial charge < -0.3 is 9.73 Å². The molecule has 3 aromatic rings. The number of nitrogens with zero attached hydrogens (tertiary/aromatic N) is 3. The van der Waals surface area contributed by atoms with Crippen LogP contribution in [0.4, 0.5) is 8.78 Å². The smallest absolute Gasteiger partial charge is 0.262 e. The summed E-state index contributed by atoms with van der Waals surface area (Å²) in [5.41, 5.74) is 1.88. The number of carbonyl (C=O) groups is 1. The van der Waals surface area contributed by atoms with Crippen LogP contribution in [-0.4, -0.2) is 20.7 Å². The first-order chi connectivity index (χ1) is 13.5. The standard InChI is InChI=1S/C19H12F2N4O2S.H2/c1-25-14(8-13(24-25)18-22-5-6-27-18)19-9-10(19)7-15(28-19)23-17(26)16-11(20)3-2-4-12(16)21;/h2-9H,1H3,(H,23,26);1H. The van der Waals surface area contributed by atoms with Gasteiger partial charge in [0.25, 0.3) is 5.91 Å². The minimum Gasteiger partial charge on any atom is -0.443 e. The Labute approximate surface area is 163 Å². The fraction of sp³-hybridized carbons (Fsp3) is 0.105. The van der Waals surface area contributed by atoms with Crippen molar-refractivity contribution in [3.05, 3.63) is 82.4 Å². The number of rotatable bonds is 4. The summed E-state index contributed by atoms with van der Waals surface area (Å²) >= 11 is 1.38. The van der Waals surface area contributed by atoms with Gasteiger partial charge in [-0.1, -0.05) is 23.9 Å². The lowest BCUT2D eigenvalue weighted by Crippen LogP contribution is -2.24. The SMILES string of the molecule is Cn1nc(-c2ncco2)cc1C12C=C1C=C(NC(=O)c1c(F)cccc1F)S2.[HH]. The first-order valence-electron chi connectivity index (χ1n) is 8.32. The van der Waals surface area contributed by atoms with E-state index < -0.39 is 27.9 Å². The lowest BCUT2D eigenvalue weighted by atomic mass is 10.1. The lowest BCUT2D eigenvalue weighted by molar-refractivity contribution is 0.0960. The normalized spacial score (nSPS) is 19.8. The number of aromatic nitrogens is 3. The molecular weight excluding hydrogens is 386 g/mol. The van der Waals surface area contributed by atoms with Crippen LogP contribution in [0.2, 0.25) is 0 Å². The highest BCUT2D eigenvalue weighted by Crippen LogP contribution is 2.63. The van der Waals surface area contributed by atoms with Crippen LogP contribution in [0.15, 0.2) is 63.9 Å². The predicted molar refractivity (Wildman–Crippen MR) is 100 cm³/mol. The molecule has 0 saturated heterocycles. The van der Waals surface area contributed by atoms with Crippen molar-refractivity contribution in [2.24, 2.45) is 7.05 Å². The third-order valence-corrected chi connectivity index (χ3v) is 5.92. The lowest BCUT2D eigenvalue weighted by Gasteiger charge is -2.15. The van der Waals surface area contributed by atoms with Crippen molar-refractivity contribution in [2.45, 2.75) is 4.75 Å². The van der Waals surface area contributed by atoms with Crippen LogP contribution in [0, 0.1) is 11.6 Å². The van der Waals surface area contributed by atoms with E-state index in [0.29, 0.717) is 16.6 Å². The number of halogens is 2. The largest absolute Gasteiger partial charge is 0.443 e. The van der Waals surface area contributed by atoms with E-state index in [0.717, 1.165) is 23.4 Å². The highest BCUT2D eigenvalue weighted by molar-refractivity contribution is 8.05. The zero-order chi connectivity index (χ0) is 19.5. The van der Waals surface area contributed by atoms with E-state index in [4.69, 9.17) is 4.42 Å². The van der Waals surface area contributed by atoms with Crippen molar-refractivity contribution < 1.29 is 19.4 Å². The molecule has 2 aliphatic rings. The summed E-state index contributed by atoms with van der Waals surface area (Å²) in [5, 5.41) is 7.54. The summed E-state index contributed by atoms with van der Waals surface area (Å²) in [4.78, 5) is 16.4. The molecule has 9 heteroatoms. The molecule has 3 heterocycles. The Morgan fingerprint density at radius 2 is 2.14 bits per heavy atom. The maximum Gasteiger partial charge on any atom is 0.262 e. The average molecular weight is 400 g/mol. The second-order valence-corrected chi connectivity index (χ2v) is 7.66. The molecule has 5 rings (SSSR count). The van der Waals surface area contributed by atoms with Crippen LogP contribution < -0.4 is 5.32 Å². The zero-order valence-corrected chi connectivity index (χ0v) is 15.3. The van der Waals surface area contributed by atoms with Gasteiger partial charge in [0.2, 0.25) is 5.89 Å². The number of allylic oxidation sites excluding steroid dienone is 1. The fourth-order valence-corrected chi connectivity index (χ4v) is 4.59. The molecule has 0 spiro atoms. The Balaban J connectivity index is 0.00000205. The van der Waals surface area contributed by atoms with Gasteiger partial charge in [0.05, 0.1) is 16.9 Å². The van der Waals surface area contributed by atoms with Gasteiger partial charge in [-0.3, -0.25) is 9.48 Å². The van der Waals surface area contributed by atoms with Crippen molar-refractivity contribution in [3.63, 3.8) is 0 Å². The molecule has 2 aromatic heterocycles. The highest BCUT2D eigenvalue weighted by Gasteiger charge is 2.52. The Morgan fingerprint density at radius 3 is 2.86 bits per heavy atom. The molecule has 1 aromatic carbocycles. The van der Waals surface area contributed by atoms with Gasteiger partial charge in [0.15, 0.2) is 0 Å². The van der Waals surface area contributed by atoms with Crippen LogP contribution >= 0.6 is 11.8 Å². The number of nitrogens with one attached hydrogen (secondary N) is 1. The van der Waals surface area contributed by atoms with Gasteiger partial charge in [-0.15, -0.1) is 0 Å². The molecule has 28 heavy (non-hydrogen) atoms. The molecule has 142 valence electrons. The second-order valence-electron chi connectivity index (χ2n) is 6.37. The summed E-state index contributed by atoms with van der Waals surface area (Å²) in [6.45, 7) is 0. The zero-order valence-electron chi connectivity index (χ0n) is 14.4. The predicted octanol–water partition coefficient (Wildman–Crippen LogP) is 3.75. The van der Waals surface area contributed by atoms with E-state index in [2.05, 4.69) is 15.4 Å². The van der Waals surface area contributed by atoms with Gasteiger partial charge in [-0.2, -0.15) is 5.10 Å². The first kappa shape index (κ1) is 16.9. The van der Waals surface area contributed by atoms with Gasteiger partial charge in [-0.05, 0) is 29.8 Å². The molecule has 0 fully saturated rings.